The minimum atomic E-state index is -0.617. The van der Waals surface area contributed by atoms with Crippen LogP contribution >= 0.6 is 11.3 Å². The molecule has 0 atom stereocenters. The van der Waals surface area contributed by atoms with Gasteiger partial charge in [-0.3, -0.25) is 10.1 Å². The molecule has 0 saturated carbocycles. The quantitative estimate of drug-likeness (QED) is 0.631. The normalized spacial score (nSPS) is 10.3. The van der Waals surface area contributed by atoms with E-state index in [2.05, 4.69) is 10.3 Å². The van der Waals surface area contributed by atoms with Gasteiger partial charge in [0.25, 0.3) is 5.91 Å². The summed E-state index contributed by atoms with van der Waals surface area (Å²) >= 11 is 1.31. The molecular formula is C20H18N2O4S. The first-order chi connectivity index (χ1) is 13.1. The number of benzene rings is 2. The number of aromatic nitrogens is 1. The summed E-state index contributed by atoms with van der Waals surface area (Å²) in [5, 5.41) is 4.94. The van der Waals surface area contributed by atoms with E-state index < -0.39 is 18.5 Å². The minimum Gasteiger partial charge on any atom is -0.482 e. The average molecular weight is 382 g/mol. The number of nitrogens with zero attached hydrogens (tertiary/aromatic N) is 1. The summed E-state index contributed by atoms with van der Waals surface area (Å²) in [6, 6.07) is 16.9. The molecule has 7 heteroatoms. The van der Waals surface area contributed by atoms with Gasteiger partial charge in [-0.15, -0.1) is 11.3 Å². The molecule has 0 aliphatic rings. The largest absolute Gasteiger partial charge is 0.482 e. The Kier molecular flexibility index (Phi) is 6.17. The molecule has 138 valence electrons. The summed E-state index contributed by atoms with van der Waals surface area (Å²) < 4.78 is 10.2. The van der Waals surface area contributed by atoms with E-state index in [9.17, 15) is 9.59 Å². The zero-order valence-electron chi connectivity index (χ0n) is 14.7. The molecule has 1 aromatic heterocycles. The number of ether oxygens (including phenoxy) is 2. The average Bonchev–Trinajstić information content (AvgIpc) is 3.14. The first-order valence-corrected chi connectivity index (χ1v) is 9.14. The smallest absolute Gasteiger partial charge is 0.344 e. The summed E-state index contributed by atoms with van der Waals surface area (Å²) in [6.07, 6.45) is 0. The molecule has 27 heavy (non-hydrogen) atoms. The van der Waals surface area contributed by atoms with Crippen LogP contribution in [0.15, 0.2) is 60.0 Å². The second kappa shape index (κ2) is 8.95. The van der Waals surface area contributed by atoms with E-state index in [0.717, 1.165) is 11.3 Å². The lowest BCUT2D eigenvalue weighted by Crippen LogP contribution is -2.23. The molecule has 0 aliphatic carbocycles. The van der Waals surface area contributed by atoms with Gasteiger partial charge in [-0.2, -0.15) is 0 Å². The highest BCUT2D eigenvalue weighted by Gasteiger charge is 2.11. The molecule has 3 aromatic rings. The third kappa shape index (κ3) is 5.65. The Balaban J connectivity index is 1.44. The van der Waals surface area contributed by atoms with E-state index in [0.29, 0.717) is 10.9 Å². The van der Waals surface area contributed by atoms with E-state index in [1.807, 2.05) is 42.6 Å². The van der Waals surface area contributed by atoms with Crippen LogP contribution in [-0.2, 0) is 14.3 Å². The van der Waals surface area contributed by atoms with Crippen molar-refractivity contribution in [1.29, 1.82) is 0 Å². The van der Waals surface area contributed by atoms with Crippen molar-refractivity contribution in [3.05, 3.63) is 65.5 Å². The number of nitrogens with one attached hydrogen (secondary N) is 1. The van der Waals surface area contributed by atoms with Gasteiger partial charge >= 0.3 is 5.97 Å². The van der Waals surface area contributed by atoms with E-state index in [-0.39, 0.29) is 6.61 Å². The molecule has 0 aliphatic heterocycles. The number of carbonyl (C=O) groups is 2. The molecule has 6 nitrogen and oxygen atoms in total. The van der Waals surface area contributed by atoms with Crippen molar-refractivity contribution in [3.63, 3.8) is 0 Å². The van der Waals surface area contributed by atoms with Crippen molar-refractivity contribution in [3.8, 4) is 17.0 Å². The maximum atomic E-state index is 11.9. The maximum Gasteiger partial charge on any atom is 0.344 e. The Labute approximate surface area is 160 Å². The first-order valence-electron chi connectivity index (χ1n) is 8.26. The number of hydrogen-bond donors (Lipinski definition) is 1. The van der Waals surface area contributed by atoms with Crippen LogP contribution < -0.4 is 10.1 Å². The molecule has 0 fully saturated rings. The van der Waals surface area contributed by atoms with E-state index in [1.54, 1.807) is 24.3 Å². The van der Waals surface area contributed by atoms with Crippen LogP contribution in [0.25, 0.3) is 11.3 Å². The highest BCUT2D eigenvalue weighted by molar-refractivity contribution is 7.14. The van der Waals surface area contributed by atoms with Crippen LogP contribution in [0.5, 0.6) is 5.75 Å². The SMILES string of the molecule is Cc1ccc(-c2csc(NC(=O)COC(=O)COc3ccccc3)n2)cc1. The zero-order chi connectivity index (χ0) is 19.1. The second-order valence-electron chi connectivity index (χ2n) is 5.71. The Hall–Kier alpha value is -3.19. The molecule has 0 unspecified atom stereocenters. The van der Waals surface area contributed by atoms with E-state index >= 15 is 0 Å². The van der Waals surface area contributed by atoms with Crippen LogP contribution in [0.1, 0.15) is 5.56 Å². The van der Waals surface area contributed by atoms with Gasteiger partial charge in [0.1, 0.15) is 5.75 Å². The molecular weight excluding hydrogens is 364 g/mol. The van der Waals surface area contributed by atoms with Crippen molar-refractivity contribution in [2.24, 2.45) is 0 Å². The molecule has 0 radical (unpaired) electrons. The van der Waals surface area contributed by atoms with Gasteiger partial charge in [0.15, 0.2) is 18.3 Å². The molecule has 0 spiro atoms. The molecule has 0 bridgehead atoms. The van der Waals surface area contributed by atoms with Crippen LogP contribution in [0, 0.1) is 6.92 Å². The molecule has 0 saturated heterocycles. The Morgan fingerprint density at radius 1 is 1.04 bits per heavy atom. The van der Waals surface area contributed by atoms with Crippen molar-refractivity contribution in [2.45, 2.75) is 6.92 Å². The second-order valence-corrected chi connectivity index (χ2v) is 6.57. The minimum absolute atomic E-state index is 0.258. The van der Waals surface area contributed by atoms with Gasteiger partial charge in [-0.25, -0.2) is 9.78 Å². The predicted molar refractivity (Wildman–Crippen MR) is 104 cm³/mol. The van der Waals surface area contributed by atoms with Crippen molar-refractivity contribution >= 4 is 28.3 Å². The number of hydrogen-bond acceptors (Lipinski definition) is 6. The zero-order valence-corrected chi connectivity index (χ0v) is 15.5. The van der Waals surface area contributed by atoms with Crippen LogP contribution in [-0.4, -0.2) is 30.1 Å². The van der Waals surface area contributed by atoms with Crippen LogP contribution in [0.4, 0.5) is 5.13 Å². The van der Waals surface area contributed by atoms with Gasteiger partial charge < -0.3 is 9.47 Å². The predicted octanol–water partition coefficient (Wildman–Crippen LogP) is 3.68. The summed E-state index contributed by atoms with van der Waals surface area (Å²) in [5.41, 5.74) is 2.92. The molecule has 2 aromatic carbocycles. The lowest BCUT2D eigenvalue weighted by Gasteiger charge is -2.06. The number of carbonyl (C=O) groups excluding carboxylic acids is 2. The summed E-state index contributed by atoms with van der Waals surface area (Å²) in [6.45, 7) is 1.37. The molecule has 3 rings (SSSR count). The monoisotopic (exact) mass is 382 g/mol. The molecule has 1 N–H and O–H groups in total. The fourth-order valence-corrected chi connectivity index (χ4v) is 2.93. The van der Waals surface area contributed by atoms with Gasteiger partial charge in [-0.1, -0.05) is 48.0 Å². The van der Waals surface area contributed by atoms with Gasteiger partial charge in [0.05, 0.1) is 5.69 Å². The van der Waals surface area contributed by atoms with E-state index in [1.165, 1.54) is 16.9 Å². The summed E-state index contributed by atoms with van der Waals surface area (Å²) in [7, 11) is 0. The van der Waals surface area contributed by atoms with Gasteiger partial charge in [0, 0.05) is 10.9 Å². The molecule has 1 amide bonds. The maximum absolute atomic E-state index is 11.9. The Morgan fingerprint density at radius 3 is 2.52 bits per heavy atom. The van der Waals surface area contributed by atoms with Crippen molar-refractivity contribution < 1.29 is 19.1 Å². The third-order valence-corrected chi connectivity index (χ3v) is 4.32. The van der Waals surface area contributed by atoms with Gasteiger partial charge in [0.2, 0.25) is 0 Å². The Morgan fingerprint density at radius 2 is 1.78 bits per heavy atom. The first kappa shape index (κ1) is 18.6. The number of para-hydroxylation sites is 1. The number of thiazole rings is 1. The number of amides is 1. The topological polar surface area (TPSA) is 77.5 Å². The lowest BCUT2D eigenvalue weighted by atomic mass is 10.1. The number of esters is 1. The number of anilines is 1. The third-order valence-electron chi connectivity index (χ3n) is 3.56. The lowest BCUT2D eigenvalue weighted by molar-refractivity contribution is -0.149. The fourth-order valence-electron chi connectivity index (χ4n) is 2.19. The van der Waals surface area contributed by atoms with Crippen molar-refractivity contribution in [2.75, 3.05) is 18.5 Å². The van der Waals surface area contributed by atoms with Crippen LogP contribution in [0.3, 0.4) is 0 Å². The van der Waals surface area contributed by atoms with Gasteiger partial charge in [-0.05, 0) is 19.1 Å². The summed E-state index contributed by atoms with van der Waals surface area (Å²) in [5.74, 6) is -0.508. The fraction of sp³-hybridized carbons (Fsp3) is 0.150. The summed E-state index contributed by atoms with van der Waals surface area (Å²) in [4.78, 5) is 27.9. The number of aryl methyl sites for hydroxylation is 1. The standard InChI is InChI=1S/C20H18N2O4S/c1-14-7-9-15(10-8-14)17-13-27-20(21-17)22-18(23)11-26-19(24)12-25-16-5-3-2-4-6-16/h2-10,13H,11-12H2,1H3,(H,21,22,23). The highest BCUT2D eigenvalue weighted by Crippen LogP contribution is 2.25. The van der Waals surface area contributed by atoms with Crippen molar-refractivity contribution in [1.82, 2.24) is 4.98 Å². The van der Waals surface area contributed by atoms with E-state index in [4.69, 9.17) is 9.47 Å². The van der Waals surface area contributed by atoms with Crippen LogP contribution in [0.2, 0.25) is 0 Å². The number of rotatable bonds is 7. The highest BCUT2D eigenvalue weighted by atomic mass is 32.1. The Bertz CT molecular complexity index is 907. The molecule has 1 heterocycles.